The fourth-order valence-corrected chi connectivity index (χ4v) is 3.91. The largest absolute Gasteiger partial charge is 0.281 e. The van der Waals surface area contributed by atoms with Gasteiger partial charge in [0.1, 0.15) is 9.88 Å². The molecule has 4 aromatic rings. The Kier molecular flexibility index (Phi) is 5.40. The van der Waals surface area contributed by atoms with Crippen molar-refractivity contribution in [3.8, 4) is 16.3 Å². The smallest absolute Gasteiger partial charge is 0.267 e. The zero-order valence-corrected chi connectivity index (χ0v) is 17.2. The number of amides is 2. The van der Waals surface area contributed by atoms with Crippen LogP contribution < -0.4 is 10.9 Å². The van der Waals surface area contributed by atoms with Crippen LogP contribution in [0.15, 0.2) is 66.9 Å². The average molecular weight is 417 g/mol. The molecule has 0 radical (unpaired) electrons. The van der Waals surface area contributed by atoms with E-state index in [1.807, 2.05) is 43.3 Å². The van der Waals surface area contributed by atoms with Crippen LogP contribution >= 0.6 is 11.3 Å². The van der Waals surface area contributed by atoms with Crippen molar-refractivity contribution in [2.45, 2.75) is 13.8 Å². The summed E-state index contributed by atoms with van der Waals surface area (Å²) in [5.41, 5.74) is 8.76. The quantitative estimate of drug-likeness (QED) is 0.496. The number of hydrogen-bond donors (Lipinski definition) is 2. The first-order valence-electron chi connectivity index (χ1n) is 9.27. The fraction of sp³-hybridized carbons (Fsp3) is 0.0909. The molecule has 0 aliphatic heterocycles. The second-order valence-corrected chi connectivity index (χ2v) is 7.64. The van der Waals surface area contributed by atoms with Gasteiger partial charge in [0.15, 0.2) is 0 Å². The molecule has 150 valence electrons. The van der Waals surface area contributed by atoms with Gasteiger partial charge in [0.25, 0.3) is 11.8 Å². The summed E-state index contributed by atoms with van der Waals surface area (Å²) in [5, 5.41) is 5.00. The number of carbonyl (C=O) groups excluding carboxylic acids is 2. The maximum Gasteiger partial charge on any atom is 0.281 e. The molecular formula is C22H19N5O2S. The predicted octanol–water partition coefficient (Wildman–Crippen LogP) is 3.69. The summed E-state index contributed by atoms with van der Waals surface area (Å²) in [6.07, 6.45) is 1.72. The van der Waals surface area contributed by atoms with Crippen LogP contribution in [0, 0.1) is 13.8 Å². The lowest BCUT2D eigenvalue weighted by Gasteiger charge is -2.08. The SMILES string of the molecule is Cc1nc(-c2ccccc2)sc1C(=O)NNC(=O)c1ccc(-n2nccc2C)cc1. The minimum atomic E-state index is -0.405. The van der Waals surface area contributed by atoms with Gasteiger partial charge in [0.2, 0.25) is 0 Å². The molecule has 0 aliphatic rings. The lowest BCUT2D eigenvalue weighted by Crippen LogP contribution is -2.41. The van der Waals surface area contributed by atoms with E-state index in [2.05, 4.69) is 20.9 Å². The second-order valence-electron chi connectivity index (χ2n) is 6.64. The number of rotatable bonds is 4. The van der Waals surface area contributed by atoms with Gasteiger partial charge in [0, 0.05) is 23.0 Å². The summed E-state index contributed by atoms with van der Waals surface area (Å²) in [6, 6.07) is 18.5. The van der Waals surface area contributed by atoms with Crippen LogP contribution in [0.3, 0.4) is 0 Å². The number of nitrogens with zero attached hydrogens (tertiary/aromatic N) is 3. The standard InChI is InChI=1S/C22H19N5O2S/c1-14-12-13-23-27(14)18-10-8-16(9-11-18)20(28)25-26-21(29)19-15(2)24-22(30-19)17-6-4-3-5-7-17/h3-13H,1-2H3,(H,25,28)(H,26,29). The van der Waals surface area contributed by atoms with E-state index >= 15 is 0 Å². The topological polar surface area (TPSA) is 88.9 Å². The van der Waals surface area contributed by atoms with Crippen molar-refractivity contribution in [2.24, 2.45) is 0 Å². The molecule has 0 bridgehead atoms. The van der Waals surface area contributed by atoms with Crippen LogP contribution in [0.1, 0.15) is 31.4 Å². The fourth-order valence-electron chi connectivity index (χ4n) is 2.95. The number of aryl methyl sites for hydroxylation is 2. The van der Waals surface area contributed by atoms with Crippen LogP contribution in [-0.4, -0.2) is 26.6 Å². The van der Waals surface area contributed by atoms with Gasteiger partial charge in [-0.05, 0) is 44.2 Å². The summed E-state index contributed by atoms with van der Waals surface area (Å²) in [5.74, 6) is -0.804. The predicted molar refractivity (Wildman–Crippen MR) is 116 cm³/mol. The number of aromatic nitrogens is 3. The van der Waals surface area contributed by atoms with Gasteiger partial charge in [-0.25, -0.2) is 9.67 Å². The van der Waals surface area contributed by atoms with Crippen molar-refractivity contribution in [3.63, 3.8) is 0 Å². The molecule has 7 nitrogen and oxygen atoms in total. The Balaban J connectivity index is 1.41. The molecule has 0 spiro atoms. The highest BCUT2D eigenvalue weighted by atomic mass is 32.1. The van der Waals surface area contributed by atoms with Crippen molar-refractivity contribution in [2.75, 3.05) is 0 Å². The maximum absolute atomic E-state index is 12.5. The molecule has 8 heteroatoms. The molecule has 0 unspecified atom stereocenters. The molecule has 2 heterocycles. The van der Waals surface area contributed by atoms with Crippen molar-refractivity contribution in [1.29, 1.82) is 0 Å². The van der Waals surface area contributed by atoms with Crippen LogP contribution in [0.4, 0.5) is 0 Å². The van der Waals surface area contributed by atoms with E-state index in [1.54, 1.807) is 42.1 Å². The first kappa shape index (κ1) is 19.5. The van der Waals surface area contributed by atoms with Gasteiger partial charge in [0.05, 0.1) is 11.4 Å². The molecule has 0 saturated heterocycles. The average Bonchev–Trinajstić information content (AvgIpc) is 3.38. The second kappa shape index (κ2) is 8.30. The summed E-state index contributed by atoms with van der Waals surface area (Å²) >= 11 is 1.29. The molecule has 0 atom stereocenters. The first-order chi connectivity index (χ1) is 14.5. The molecule has 2 aromatic heterocycles. The first-order valence-corrected chi connectivity index (χ1v) is 10.1. The van der Waals surface area contributed by atoms with E-state index in [4.69, 9.17) is 0 Å². The van der Waals surface area contributed by atoms with E-state index in [-0.39, 0.29) is 0 Å². The van der Waals surface area contributed by atoms with Gasteiger partial charge in [-0.15, -0.1) is 11.3 Å². The molecule has 0 fully saturated rings. The van der Waals surface area contributed by atoms with Gasteiger partial charge >= 0.3 is 0 Å². The molecule has 2 amide bonds. The summed E-state index contributed by atoms with van der Waals surface area (Å²) in [7, 11) is 0. The zero-order chi connectivity index (χ0) is 21.1. The number of thiazole rings is 1. The highest BCUT2D eigenvalue weighted by molar-refractivity contribution is 7.17. The molecule has 4 rings (SSSR count). The Hall–Kier alpha value is -3.78. The summed E-state index contributed by atoms with van der Waals surface area (Å²) in [6.45, 7) is 3.73. The maximum atomic E-state index is 12.5. The van der Waals surface area contributed by atoms with Crippen molar-refractivity contribution < 1.29 is 9.59 Å². The number of hydrogen-bond acceptors (Lipinski definition) is 5. The number of carbonyl (C=O) groups is 2. The Morgan fingerprint density at radius 3 is 2.27 bits per heavy atom. The highest BCUT2D eigenvalue weighted by Crippen LogP contribution is 2.27. The molecule has 0 saturated carbocycles. The number of hydrazine groups is 1. The Labute approximate surface area is 177 Å². The third kappa shape index (κ3) is 3.99. The van der Waals surface area contributed by atoms with E-state index < -0.39 is 11.8 Å². The third-order valence-electron chi connectivity index (χ3n) is 4.52. The minimum Gasteiger partial charge on any atom is -0.267 e. The van der Waals surface area contributed by atoms with E-state index in [0.29, 0.717) is 16.1 Å². The monoisotopic (exact) mass is 417 g/mol. The van der Waals surface area contributed by atoms with E-state index in [9.17, 15) is 9.59 Å². The minimum absolute atomic E-state index is 0.399. The summed E-state index contributed by atoms with van der Waals surface area (Å²) in [4.78, 5) is 29.8. The Morgan fingerprint density at radius 2 is 1.60 bits per heavy atom. The highest BCUT2D eigenvalue weighted by Gasteiger charge is 2.17. The molecular weight excluding hydrogens is 398 g/mol. The Morgan fingerprint density at radius 1 is 0.900 bits per heavy atom. The van der Waals surface area contributed by atoms with Gasteiger partial charge in [-0.2, -0.15) is 5.10 Å². The molecule has 2 N–H and O–H groups in total. The van der Waals surface area contributed by atoms with Crippen LogP contribution in [0.25, 0.3) is 16.3 Å². The lowest BCUT2D eigenvalue weighted by atomic mass is 10.2. The van der Waals surface area contributed by atoms with Crippen LogP contribution in [0.5, 0.6) is 0 Å². The lowest BCUT2D eigenvalue weighted by molar-refractivity contribution is 0.0848. The number of benzene rings is 2. The van der Waals surface area contributed by atoms with Gasteiger partial charge in [-0.3, -0.25) is 20.4 Å². The van der Waals surface area contributed by atoms with E-state index in [1.165, 1.54) is 11.3 Å². The molecule has 30 heavy (non-hydrogen) atoms. The third-order valence-corrected chi connectivity index (χ3v) is 5.72. The Bertz CT molecular complexity index is 1200. The normalized spacial score (nSPS) is 10.6. The van der Waals surface area contributed by atoms with Crippen molar-refractivity contribution in [1.82, 2.24) is 25.6 Å². The van der Waals surface area contributed by atoms with Crippen LogP contribution in [-0.2, 0) is 0 Å². The van der Waals surface area contributed by atoms with Gasteiger partial charge < -0.3 is 0 Å². The van der Waals surface area contributed by atoms with Crippen molar-refractivity contribution >= 4 is 23.2 Å². The van der Waals surface area contributed by atoms with Crippen molar-refractivity contribution in [3.05, 3.63) is 88.7 Å². The van der Waals surface area contributed by atoms with E-state index in [0.717, 1.165) is 22.0 Å². The number of nitrogens with one attached hydrogen (secondary N) is 2. The summed E-state index contributed by atoms with van der Waals surface area (Å²) < 4.78 is 1.78. The van der Waals surface area contributed by atoms with Crippen LogP contribution in [0.2, 0.25) is 0 Å². The zero-order valence-electron chi connectivity index (χ0n) is 16.4. The molecule has 0 aliphatic carbocycles. The molecule has 2 aromatic carbocycles. The van der Waals surface area contributed by atoms with Gasteiger partial charge in [-0.1, -0.05) is 30.3 Å².